The largest absolute Gasteiger partial charge is 0.493 e. The molecule has 0 aliphatic rings. The van der Waals surface area contributed by atoms with Crippen LogP contribution in [-0.4, -0.2) is 20.8 Å². The fourth-order valence-electron chi connectivity index (χ4n) is 2.03. The molecule has 0 spiro atoms. The molecule has 0 aromatic heterocycles. The number of methoxy groups -OCH3 is 2. The van der Waals surface area contributed by atoms with Crippen molar-refractivity contribution in [1.29, 1.82) is 0 Å². The van der Waals surface area contributed by atoms with Crippen LogP contribution in [0.4, 0.5) is 4.39 Å². The van der Waals surface area contributed by atoms with Gasteiger partial charge in [0.25, 0.3) is 0 Å². The first-order valence-corrected chi connectivity index (χ1v) is 6.56. The predicted octanol–water partition coefficient (Wildman–Crippen LogP) is 3.14. The molecule has 0 unspecified atom stereocenters. The minimum absolute atomic E-state index is 0.371. The zero-order chi connectivity index (χ0) is 15.2. The molecule has 2 rings (SSSR count). The molecule has 2 aromatic carbocycles. The molecule has 0 atom stereocenters. The summed E-state index contributed by atoms with van der Waals surface area (Å²) in [6, 6.07) is 9.79. The fourth-order valence-corrected chi connectivity index (χ4v) is 2.03. The third kappa shape index (κ3) is 3.64. The molecule has 0 saturated heterocycles. The van der Waals surface area contributed by atoms with E-state index in [4.69, 9.17) is 19.9 Å². The summed E-state index contributed by atoms with van der Waals surface area (Å²) in [6.07, 6.45) is 0.581. The van der Waals surface area contributed by atoms with E-state index in [2.05, 4.69) is 0 Å². The molecule has 0 heterocycles. The van der Waals surface area contributed by atoms with Crippen molar-refractivity contribution in [3.05, 3.63) is 47.8 Å². The van der Waals surface area contributed by atoms with Gasteiger partial charge in [-0.1, -0.05) is 6.07 Å². The number of rotatable bonds is 6. The van der Waals surface area contributed by atoms with Crippen LogP contribution in [0.1, 0.15) is 5.56 Å². The number of benzene rings is 2. The van der Waals surface area contributed by atoms with Crippen molar-refractivity contribution < 1.29 is 18.6 Å². The number of halogens is 1. The molecule has 0 aliphatic carbocycles. The van der Waals surface area contributed by atoms with Gasteiger partial charge in [0.05, 0.1) is 14.2 Å². The summed E-state index contributed by atoms with van der Waals surface area (Å²) >= 11 is 0. The summed E-state index contributed by atoms with van der Waals surface area (Å²) in [4.78, 5) is 0. The van der Waals surface area contributed by atoms with Gasteiger partial charge in [0.2, 0.25) is 5.75 Å². The summed E-state index contributed by atoms with van der Waals surface area (Å²) in [6.45, 7) is 0.445. The quantitative estimate of drug-likeness (QED) is 0.888. The monoisotopic (exact) mass is 291 g/mol. The maximum absolute atomic E-state index is 13.6. The van der Waals surface area contributed by atoms with Gasteiger partial charge in [-0.15, -0.1) is 0 Å². The Balaban J connectivity index is 2.37. The molecule has 2 N–H and O–H groups in total. The van der Waals surface area contributed by atoms with Crippen LogP contribution < -0.4 is 19.9 Å². The Morgan fingerprint density at radius 3 is 2.29 bits per heavy atom. The first kappa shape index (κ1) is 15.1. The average molecular weight is 291 g/mol. The maximum Gasteiger partial charge on any atom is 0.210 e. The first-order valence-electron chi connectivity index (χ1n) is 6.56. The Hall–Kier alpha value is -2.27. The highest BCUT2D eigenvalue weighted by molar-refractivity contribution is 5.53. The zero-order valence-electron chi connectivity index (χ0n) is 12.1. The Morgan fingerprint density at radius 2 is 1.71 bits per heavy atom. The highest BCUT2D eigenvalue weighted by Gasteiger charge is 2.13. The number of ether oxygens (including phenoxy) is 3. The maximum atomic E-state index is 13.6. The van der Waals surface area contributed by atoms with Crippen LogP contribution in [0.15, 0.2) is 36.4 Å². The van der Waals surface area contributed by atoms with Crippen molar-refractivity contribution >= 4 is 0 Å². The highest BCUT2D eigenvalue weighted by atomic mass is 19.1. The minimum atomic E-state index is -0.371. The van der Waals surface area contributed by atoms with E-state index in [9.17, 15) is 4.39 Å². The van der Waals surface area contributed by atoms with Gasteiger partial charge in [0.1, 0.15) is 11.6 Å². The zero-order valence-corrected chi connectivity index (χ0v) is 12.1. The van der Waals surface area contributed by atoms with Crippen LogP contribution in [0.2, 0.25) is 0 Å². The second-order valence-corrected chi connectivity index (χ2v) is 4.43. The average Bonchev–Trinajstić information content (AvgIpc) is 2.47. The van der Waals surface area contributed by atoms with Crippen molar-refractivity contribution in [3.8, 4) is 23.0 Å². The van der Waals surface area contributed by atoms with Crippen LogP contribution >= 0.6 is 0 Å². The number of hydrogen-bond acceptors (Lipinski definition) is 4. The summed E-state index contributed by atoms with van der Waals surface area (Å²) in [5.41, 5.74) is 6.28. The van der Waals surface area contributed by atoms with Crippen LogP contribution in [0, 0.1) is 5.82 Å². The molecular formula is C16H18FNO3. The smallest absolute Gasteiger partial charge is 0.210 e. The van der Waals surface area contributed by atoms with Gasteiger partial charge in [0.15, 0.2) is 11.5 Å². The molecule has 5 heteroatoms. The summed E-state index contributed by atoms with van der Waals surface area (Å²) < 4.78 is 29.9. The summed E-state index contributed by atoms with van der Waals surface area (Å²) in [5.74, 6) is 1.44. The molecule has 0 fully saturated rings. The van der Waals surface area contributed by atoms with Crippen molar-refractivity contribution in [2.24, 2.45) is 5.73 Å². The molecule has 0 saturated carbocycles. The van der Waals surface area contributed by atoms with Crippen molar-refractivity contribution in [1.82, 2.24) is 0 Å². The molecule has 112 valence electrons. The molecule has 21 heavy (non-hydrogen) atoms. The summed E-state index contributed by atoms with van der Waals surface area (Å²) in [5, 5.41) is 0. The number of hydrogen-bond donors (Lipinski definition) is 1. The van der Waals surface area contributed by atoms with Gasteiger partial charge >= 0.3 is 0 Å². The molecule has 4 nitrogen and oxygen atoms in total. The standard InChI is InChI=1S/C16H18FNO3/c1-19-14-4-3-5-15(20-2)16(14)21-13-9-11(6-7-18)8-12(17)10-13/h3-5,8-10H,6-7,18H2,1-2H3. The Bertz CT molecular complexity index is 594. The number of para-hydroxylation sites is 1. The summed E-state index contributed by atoms with van der Waals surface area (Å²) in [7, 11) is 3.07. The topological polar surface area (TPSA) is 53.7 Å². The Morgan fingerprint density at radius 1 is 1.05 bits per heavy atom. The van der Waals surface area contributed by atoms with Crippen LogP contribution in [0.25, 0.3) is 0 Å². The Kier molecular flexibility index (Phi) is 5.00. The van der Waals surface area contributed by atoms with E-state index in [1.54, 1.807) is 24.3 Å². The molecule has 0 amide bonds. The van der Waals surface area contributed by atoms with E-state index in [1.165, 1.54) is 26.4 Å². The second-order valence-electron chi connectivity index (χ2n) is 4.43. The van der Waals surface area contributed by atoms with Gasteiger partial charge in [0, 0.05) is 6.07 Å². The van der Waals surface area contributed by atoms with Crippen LogP contribution in [-0.2, 0) is 6.42 Å². The van der Waals surface area contributed by atoms with Crippen molar-refractivity contribution in [3.63, 3.8) is 0 Å². The third-order valence-electron chi connectivity index (χ3n) is 2.97. The van der Waals surface area contributed by atoms with Crippen LogP contribution in [0.3, 0.4) is 0 Å². The Labute approximate surface area is 123 Å². The second kappa shape index (κ2) is 6.95. The third-order valence-corrected chi connectivity index (χ3v) is 2.97. The van der Waals surface area contributed by atoms with Gasteiger partial charge in [-0.05, 0) is 42.8 Å². The first-order chi connectivity index (χ1) is 10.2. The van der Waals surface area contributed by atoms with Gasteiger partial charge in [-0.3, -0.25) is 0 Å². The van der Waals surface area contributed by atoms with Gasteiger partial charge in [-0.25, -0.2) is 4.39 Å². The lowest BCUT2D eigenvalue weighted by Gasteiger charge is -2.14. The van der Waals surface area contributed by atoms with Crippen molar-refractivity contribution in [2.75, 3.05) is 20.8 Å². The molecule has 2 aromatic rings. The lowest BCUT2D eigenvalue weighted by molar-refractivity contribution is 0.345. The molecular weight excluding hydrogens is 273 g/mol. The highest BCUT2D eigenvalue weighted by Crippen LogP contribution is 2.40. The lowest BCUT2D eigenvalue weighted by atomic mass is 10.1. The molecule has 0 aliphatic heterocycles. The lowest BCUT2D eigenvalue weighted by Crippen LogP contribution is -2.03. The van der Waals surface area contributed by atoms with E-state index in [-0.39, 0.29) is 5.82 Å². The van der Waals surface area contributed by atoms with Crippen molar-refractivity contribution in [2.45, 2.75) is 6.42 Å². The van der Waals surface area contributed by atoms with E-state index in [1.807, 2.05) is 0 Å². The van der Waals surface area contributed by atoms with E-state index < -0.39 is 0 Å². The minimum Gasteiger partial charge on any atom is -0.493 e. The normalized spacial score (nSPS) is 10.3. The van der Waals surface area contributed by atoms with E-state index in [0.717, 1.165) is 5.56 Å². The van der Waals surface area contributed by atoms with E-state index >= 15 is 0 Å². The van der Waals surface area contributed by atoms with Gasteiger partial charge < -0.3 is 19.9 Å². The number of nitrogens with two attached hydrogens (primary N) is 1. The van der Waals surface area contributed by atoms with Gasteiger partial charge in [-0.2, -0.15) is 0 Å². The van der Waals surface area contributed by atoms with E-state index in [0.29, 0.717) is 36.0 Å². The predicted molar refractivity (Wildman–Crippen MR) is 78.8 cm³/mol. The SMILES string of the molecule is COc1cccc(OC)c1Oc1cc(F)cc(CCN)c1. The van der Waals surface area contributed by atoms with Crippen LogP contribution in [0.5, 0.6) is 23.0 Å². The molecule has 0 radical (unpaired) electrons. The molecule has 0 bridgehead atoms. The fraction of sp³-hybridized carbons (Fsp3) is 0.250.